The van der Waals surface area contributed by atoms with Crippen LogP contribution in [0.4, 0.5) is 11.4 Å². The van der Waals surface area contributed by atoms with Crippen LogP contribution in [0.2, 0.25) is 0 Å². The van der Waals surface area contributed by atoms with Crippen molar-refractivity contribution in [2.45, 2.75) is 9.79 Å². The maximum absolute atomic E-state index is 12.4. The fraction of sp³-hybridized carbons (Fsp3) is 0. The topological polar surface area (TPSA) is 238 Å². The Morgan fingerprint density at radius 1 is 0.595 bits per heavy atom. The van der Waals surface area contributed by atoms with Crippen molar-refractivity contribution in [3.63, 3.8) is 0 Å². The molecule has 6 N–H and O–H groups in total. The Balaban J connectivity index is 2.00. The number of aromatic carboxylic acids is 2. The van der Waals surface area contributed by atoms with E-state index in [2.05, 4.69) is 10.2 Å². The first-order valence-corrected chi connectivity index (χ1v) is 14.6. The second-order valence-corrected chi connectivity index (χ2v) is 11.4. The van der Waals surface area contributed by atoms with Crippen LogP contribution in [0.15, 0.2) is 105 Å². The summed E-state index contributed by atoms with van der Waals surface area (Å²) in [6.45, 7) is 0. The van der Waals surface area contributed by atoms with E-state index in [1.54, 1.807) is 36.4 Å². The second kappa shape index (κ2) is 11.8. The highest BCUT2D eigenvalue weighted by Gasteiger charge is 2.26. The summed E-state index contributed by atoms with van der Waals surface area (Å²) in [7, 11) is -9.19. The molecule has 0 heterocycles. The third kappa shape index (κ3) is 6.94. The normalized spacial score (nSPS) is 11.8. The molecule has 0 amide bonds. The van der Waals surface area contributed by atoms with E-state index in [0.29, 0.717) is 0 Å². The predicted octanol–water partition coefficient (Wildman–Crippen LogP) is 4.38. The van der Waals surface area contributed by atoms with E-state index in [-0.39, 0.29) is 11.5 Å². The number of para-hydroxylation sites is 2. The van der Waals surface area contributed by atoms with Gasteiger partial charge in [-0.25, -0.2) is 36.7 Å². The summed E-state index contributed by atoms with van der Waals surface area (Å²) in [6.07, 6.45) is 0. The minimum Gasteiger partial charge on any atom is -0.478 e. The summed E-state index contributed by atoms with van der Waals surface area (Å²) in [4.78, 5) is 22.1. The van der Waals surface area contributed by atoms with Gasteiger partial charge in [-0.15, -0.1) is 10.2 Å². The van der Waals surface area contributed by atoms with Crippen molar-refractivity contribution < 1.29 is 46.1 Å². The fourth-order valence-electron chi connectivity index (χ4n) is 3.52. The zero-order valence-electron chi connectivity index (χ0n) is 21.1. The molecule has 0 unspecified atom stereocenters. The first-order chi connectivity index (χ1) is 19.7. The molecule has 0 spiro atoms. The zero-order valence-corrected chi connectivity index (χ0v) is 22.7. The quantitative estimate of drug-likeness (QED) is 0.184. The Labute approximate surface area is 238 Å². The highest BCUT2D eigenvalue weighted by molar-refractivity contribution is 7.89. The van der Waals surface area contributed by atoms with Crippen LogP contribution in [0, 0.1) is 0 Å². The SMILES string of the molecule is NS(=O)(=O)c1cc(C(=O)O)cc(N=Nc2cc(C(=O)O)cc(S(N)(=O)=O)c2Oc2ccccc2)c1Oc1ccccc1. The molecular formula is C26H20N4O10S2. The number of hydrogen-bond acceptors (Lipinski definition) is 10. The fourth-order valence-corrected chi connectivity index (χ4v) is 4.91. The summed E-state index contributed by atoms with van der Waals surface area (Å²) in [6, 6.07) is 18.9. The van der Waals surface area contributed by atoms with Gasteiger partial charge in [-0.1, -0.05) is 36.4 Å². The number of carbonyl (C=O) groups is 2. The molecule has 0 aliphatic rings. The summed E-state index contributed by atoms with van der Waals surface area (Å²) in [5.74, 6) is -3.85. The summed E-state index contributed by atoms with van der Waals surface area (Å²) < 4.78 is 61.2. The van der Waals surface area contributed by atoms with Gasteiger partial charge in [-0.3, -0.25) is 0 Å². The number of ether oxygens (including phenoxy) is 2. The van der Waals surface area contributed by atoms with Crippen LogP contribution in [0.25, 0.3) is 0 Å². The van der Waals surface area contributed by atoms with E-state index >= 15 is 0 Å². The summed E-state index contributed by atoms with van der Waals surface area (Å²) in [5.41, 5.74) is -2.05. The number of hydrogen-bond donors (Lipinski definition) is 4. The lowest BCUT2D eigenvalue weighted by Crippen LogP contribution is -2.15. The van der Waals surface area contributed by atoms with E-state index in [4.69, 9.17) is 19.8 Å². The van der Waals surface area contributed by atoms with Gasteiger partial charge in [0.15, 0.2) is 11.5 Å². The molecule has 0 aliphatic carbocycles. The van der Waals surface area contributed by atoms with E-state index < -0.39 is 75.8 Å². The van der Waals surface area contributed by atoms with Gasteiger partial charge in [-0.2, -0.15) is 0 Å². The molecule has 0 saturated carbocycles. The molecule has 4 aromatic rings. The van der Waals surface area contributed by atoms with Gasteiger partial charge >= 0.3 is 11.9 Å². The first kappa shape index (κ1) is 29.8. The van der Waals surface area contributed by atoms with Crippen molar-refractivity contribution in [3.8, 4) is 23.0 Å². The molecule has 0 atom stereocenters. The largest absolute Gasteiger partial charge is 0.478 e. The molecule has 4 aromatic carbocycles. The van der Waals surface area contributed by atoms with Gasteiger partial charge in [-0.05, 0) is 48.5 Å². The number of benzene rings is 4. The highest BCUT2D eigenvalue weighted by Crippen LogP contribution is 2.43. The molecule has 0 fully saturated rings. The van der Waals surface area contributed by atoms with Gasteiger partial charge in [0, 0.05) is 0 Å². The van der Waals surface area contributed by atoms with Crippen LogP contribution in [-0.2, 0) is 20.0 Å². The van der Waals surface area contributed by atoms with E-state index in [9.17, 15) is 36.6 Å². The van der Waals surface area contributed by atoms with E-state index in [0.717, 1.165) is 24.3 Å². The third-order valence-corrected chi connectivity index (χ3v) is 7.20. The lowest BCUT2D eigenvalue weighted by atomic mass is 10.2. The lowest BCUT2D eigenvalue weighted by Gasteiger charge is -2.14. The Morgan fingerprint density at radius 3 is 1.21 bits per heavy atom. The number of rotatable bonds is 10. The van der Waals surface area contributed by atoms with Gasteiger partial charge in [0.2, 0.25) is 20.0 Å². The Morgan fingerprint density at radius 2 is 0.929 bits per heavy atom. The number of nitrogens with zero attached hydrogens (tertiary/aromatic N) is 2. The van der Waals surface area contributed by atoms with Crippen molar-refractivity contribution in [2.75, 3.05) is 0 Å². The van der Waals surface area contributed by atoms with Gasteiger partial charge in [0.1, 0.15) is 32.7 Å². The number of azo groups is 1. The van der Waals surface area contributed by atoms with Crippen LogP contribution < -0.4 is 19.8 Å². The average molecular weight is 613 g/mol. The molecule has 14 nitrogen and oxygen atoms in total. The zero-order chi connectivity index (χ0) is 30.7. The maximum Gasteiger partial charge on any atom is 0.335 e. The highest BCUT2D eigenvalue weighted by atomic mass is 32.2. The van der Waals surface area contributed by atoms with Crippen molar-refractivity contribution in [1.29, 1.82) is 0 Å². The van der Waals surface area contributed by atoms with E-state index in [1.165, 1.54) is 24.3 Å². The monoisotopic (exact) mass is 612 g/mol. The van der Waals surface area contributed by atoms with Crippen LogP contribution >= 0.6 is 0 Å². The van der Waals surface area contributed by atoms with Gasteiger partial charge in [0.25, 0.3) is 0 Å². The Kier molecular flexibility index (Phi) is 8.34. The number of nitrogens with two attached hydrogens (primary N) is 2. The minimum atomic E-state index is -4.60. The first-order valence-electron chi connectivity index (χ1n) is 11.5. The average Bonchev–Trinajstić information content (AvgIpc) is 2.92. The number of carboxylic acids is 2. The standard InChI is InChI=1S/C26H20N4O10S2/c27-41(35,36)21-13-15(25(31)32)11-19(23(21)39-17-7-3-1-4-8-17)29-30-20-12-16(26(33)34)14-22(42(28,37)38)24(20)40-18-9-5-2-6-10-18/h1-14H,(H,31,32)(H,33,34)(H2,27,35,36)(H2,28,37,38). The molecule has 0 aliphatic heterocycles. The molecule has 0 bridgehead atoms. The van der Waals surface area contributed by atoms with Gasteiger partial charge in [0.05, 0.1) is 11.1 Å². The lowest BCUT2D eigenvalue weighted by molar-refractivity contribution is 0.0685. The predicted molar refractivity (Wildman–Crippen MR) is 147 cm³/mol. The molecular weight excluding hydrogens is 592 g/mol. The molecule has 216 valence electrons. The van der Waals surface area contributed by atoms with Crippen LogP contribution in [0.3, 0.4) is 0 Å². The molecule has 0 radical (unpaired) electrons. The molecule has 42 heavy (non-hydrogen) atoms. The smallest absolute Gasteiger partial charge is 0.335 e. The Hall–Kier alpha value is -5.16. The van der Waals surface area contributed by atoms with Crippen molar-refractivity contribution in [2.24, 2.45) is 20.5 Å². The molecule has 4 rings (SSSR count). The van der Waals surface area contributed by atoms with Crippen molar-refractivity contribution in [3.05, 3.63) is 96.1 Å². The minimum absolute atomic E-state index is 0.124. The summed E-state index contributed by atoms with van der Waals surface area (Å²) in [5, 5.41) is 37.7. The van der Waals surface area contributed by atoms with Crippen molar-refractivity contribution >= 4 is 43.4 Å². The number of primary sulfonamides is 2. The van der Waals surface area contributed by atoms with Crippen LogP contribution in [0.5, 0.6) is 23.0 Å². The summed E-state index contributed by atoms with van der Waals surface area (Å²) >= 11 is 0. The molecule has 0 aromatic heterocycles. The molecule has 16 heteroatoms. The van der Waals surface area contributed by atoms with Crippen LogP contribution in [0.1, 0.15) is 20.7 Å². The second-order valence-electron chi connectivity index (χ2n) is 8.38. The van der Waals surface area contributed by atoms with Crippen LogP contribution in [-0.4, -0.2) is 39.0 Å². The Bertz CT molecular complexity index is 1790. The van der Waals surface area contributed by atoms with Crippen molar-refractivity contribution in [1.82, 2.24) is 0 Å². The maximum atomic E-state index is 12.4. The number of sulfonamides is 2. The molecule has 0 saturated heterocycles. The van der Waals surface area contributed by atoms with E-state index in [1.807, 2.05) is 0 Å². The number of carboxylic acid groups (broad SMARTS) is 2. The van der Waals surface area contributed by atoms with Gasteiger partial charge < -0.3 is 19.7 Å². The third-order valence-electron chi connectivity index (χ3n) is 5.37.